The van der Waals surface area contributed by atoms with Crippen molar-refractivity contribution in [3.05, 3.63) is 12.1 Å². The van der Waals surface area contributed by atoms with Gasteiger partial charge in [-0.1, -0.05) is 12.1 Å². The Morgan fingerprint density at radius 2 is 1.68 bits per heavy atom. The minimum atomic E-state index is -0.468. The molecule has 1 rings (SSSR count). The average molecular weight is 311 g/mol. The molecule has 1 fully saturated rings. The van der Waals surface area contributed by atoms with E-state index in [-0.39, 0.29) is 24.4 Å². The van der Waals surface area contributed by atoms with Crippen molar-refractivity contribution < 1.29 is 18.8 Å². The number of hydrogen-bond acceptors (Lipinski definition) is 4. The quantitative estimate of drug-likeness (QED) is 0.746. The largest absolute Gasteiger partial charge is 0.486 e. The van der Waals surface area contributed by atoms with Crippen LogP contribution in [0.1, 0.15) is 54.9 Å². The summed E-state index contributed by atoms with van der Waals surface area (Å²) in [7, 11) is 1.40. The van der Waals surface area contributed by atoms with Gasteiger partial charge in [0.1, 0.15) is 5.60 Å². The van der Waals surface area contributed by atoms with Crippen LogP contribution in [0.2, 0.25) is 0 Å². The van der Waals surface area contributed by atoms with Crippen LogP contribution in [0.5, 0.6) is 0 Å². The molecule has 1 aliphatic rings. The first-order valence-electron chi connectivity index (χ1n) is 7.80. The molecule has 1 heterocycles. The van der Waals surface area contributed by atoms with E-state index < -0.39 is 5.60 Å². The third-order valence-corrected chi connectivity index (χ3v) is 3.90. The first-order chi connectivity index (χ1) is 9.84. The molecule has 1 amide bonds. The highest BCUT2D eigenvalue weighted by molar-refractivity contribution is 6.51. The van der Waals surface area contributed by atoms with Crippen molar-refractivity contribution >= 4 is 13.2 Å². The Bertz CT molecular complexity index is 410. The number of ether oxygens (including phenoxy) is 1. The highest BCUT2D eigenvalue weighted by Crippen LogP contribution is 2.36. The molecule has 0 bridgehead atoms. The summed E-state index contributed by atoms with van der Waals surface area (Å²) in [5.41, 5.74) is -1.12. The van der Waals surface area contributed by atoms with Crippen molar-refractivity contribution in [2.75, 3.05) is 13.6 Å². The second-order valence-electron chi connectivity index (χ2n) is 7.74. The molecule has 1 aliphatic heterocycles. The number of carbonyl (C=O) groups excluding carboxylic acids is 1. The normalized spacial score (nSPS) is 20.5. The van der Waals surface area contributed by atoms with E-state index in [1.807, 2.05) is 60.5 Å². The fraction of sp³-hybridized carbons (Fsp3) is 0.812. The van der Waals surface area contributed by atoms with Crippen LogP contribution in [-0.2, 0) is 14.0 Å². The Hall–Kier alpha value is -1.01. The summed E-state index contributed by atoms with van der Waals surface area (Å²) >= 11 is 0. The summed E-state index contributed by atoms with van der Waals surface area (Å²) in [4.78, 5) is 13.4. The Balaban J connectivity index is 2.37. The summed E-state index contributed by atoms with van der Waals surface area (Å²) in [6, 6.07) is 0. The molecule has 0 saturated carbocycles. The zero-order chi connectivity index (χ0) is 17.2. The SMILES string of the molecule is CN(CCC=CB1OC(C)(C)C(C)(C)O1)C(=O)OC(C)(C)C. The van der Waals surface area contributed by atoms with Gasteiger partial charge in [0.25, 0.3) is 0 Å². The van der Waals surface area contributed by atoms with Gasteiger partial charge < -0.3 is 18.9 Å². The van der Waals surface area contributed by atoms with Gasteiger partial charge in [0.05, 0.1) is 11.2 Å². The van der Waals surface area contributed by atoms with E-state index in [0.29, 0.717) is 6.54 Å². The van der Waals surface area contributed by atoms with Gasteiger partial charge in [-0.2, -0.15) is 0 Å². The van der Waals surface area contributed by atoms with Gasteiger partial charge in [0.15, 0.2) is 0 Å². The summed E-state index contributed by atoms with van der Waals surface area (Å²) in [6.07, 6.45) is 2.39. The van der Waals surface area contributed by atoms with Gasteiger partial charge in [-0.15, -0.1) is 0 Å². The zero-order valence-corrected chi connectivity index (χ0v) is 15.2. The van der Waals surface area contributed by atoms with Crippen LogP contribution in [0.3, 0.4) is 0 Å². The molecule has 5 nitrogen and oxygen atoms in total. The Kier molecular flexibility index (Phi) is 5.74. The monoisotopic (exact) mass is 311 g/mol. The van der Waals surface area contributed by atoms with E-state index in [1.165, 1.54) is 0 Å². The van der Waals surface area contributed by atoms with Gasteiger partial charge in [-0.05, 0) is 54.9 Å². The molecule has 0 aromatic carbocycles. The summed E-state index contributed by atoms with van der Waals surface area (Å²) in [5.74, 6) is 1.90. The summed E-state index contributed by atoms with van der Waals surface area (Å²) in [6.45, 7) is 14.3. The van der Waals surface area contributed by atoms with Crippen LogP contribution in [0.15, 0.2) is 12.1 Å². The van der Waals surface area contributed by atoms with E-state index in [9.17, 15) is 4.79 Å². The predicted molar refractivity (Wildman–Crippen MR) is 88.7 cm³/mol. The van der Waals surface area contributed by atoms with Crippen LogP contribution >= 0.6 is 0 Å². The summed E-state index contributed by atoms with van der Waals surface area (Å²) < 4.78 is 17.0. The fourth-order valence-electron chi connectivity index (χ4n) is 1.87. The van der Waals surface area contributed by atoms with E-state index in [0.717, 1.165) is 6.42 Å². The lowest BCUT2D eigenvalue weighted by molar-refractivity contribution is 0.00578. The standard InChI is InChI=1S/C16H30BNO4/c1-14(2,3)20-13(19)18(8)12-10-9-11-17-21-15(4,5)16(6,7)22-17/h9,11H,10,12H2,1-8H3. The molecule has 6 heteroatoms. The van der Waals surface area contributed by atoms with Crippen LogP contribution in [0.25, 0.3) is 0 Å². The molecule has 126 valence electrons. The number of hydrogen-bond donors (Lipinski definition) is 0. The topological polar surface area (TPSA) is 48.0 Å². The lowest BCUT2D eigenvalue weighted by atomic mass is 9.90. The third-order valence-electron chi connectivity index (χ3n) is 3.90. The molecule has 0 atom stereocenters. The highest BCUT2D eigenvalue weighted by Gasteiger charge is 2.49. The minimum absolute atomic E-state index is 0.309. The van der Waals surface area contributed by atoms with E-state index >= 15 is 0 Å². The van der Waals surface area contributed by atoms with Gasteiger partial charge in [-0.3, -0.25) is 0 Å². The molecule has 0 N–H and O–H groups in total. The lowest BCUT2D eigenvalue weighted by Gasteiger charge is -2.32. The molecular weight excluding hydrogens is 281 g/mol. The second kappa shape index (κ2) is 6.63. The van der Waals surface area contributed by atoms with Crippen LogP contribution in [0.4, 0.5) is 4.79 Å². The van der Waals surface area contributed by atoms with E-state index in [1.54, 1.807) is 11.9 Å². The van der Waals surface area contributed by atoms with Crippen molar-refractivity contribution in [2.45, 2.75) is 71.7 Å². The lowest BCUT2D eigenvalue weighted by Crippen LogP contribution is -2.41. The Morgan fingerprint density at radius 1 is 1.18 bits per heavy atom. The smallest absolute Gasteiger partial charge is 0.444 e. The van der Waals surface area contributed by atoms with Crippen molar-refractivity contribution in [2.24, 2.45) is 0 Å². The third kappa shape index (κ3) is 5.32. The van der Waals surface area contributed by atoms with Gasteiger partial charge in [0, 0.05) is 13.6 Å². The maximum absolute atomic E-state index is 11.8. The first kappa shape index (κ1) is 19.0. The second-order valence-corrected chi connectivity index (χ2v) is 7.74. The van der Waals surface area contributed by atoms with Gasteiger partial charge >= 0.3 is 13.2 Å². The fourth-order valence-corrected chi connectivity index (χ4v) is 1.87. The van der Waals surface area contributed by atoms with Crippen molar-refractivity contribution in [1.82, 2.24) is 4.90 Å². The van der Waals surface area contributed by atoms with Gasteiger partial charge in [0.2, 0.25) is 0 Å². The predicted octanol–water partition coefficient (Wildman–Crippen LogP) is 3.43. The van der Waals surface area contributed by atoms with Gasteiger partial charge in [-0.25, -0.2) is 4.79 Å². The first-order valence-corrected chi connectivity index (χ1v) is 7.80. The Morgan fingerprint density at radius 3 is 2.14 bits per heavy atom. The average Bonchev–Trinajstić information content (AvgIpc) is 2.50. The molecule has 1 saturated heterocycles. The van der Waals surface area contributed by atoms with Crippen molar-refractivity contribution in [3.8, 4) is 0 Å². The molecule has 0 aliphatic carbocycles. The highest BCUT2D eigenvalue weighted by atomic mass is 16.7. The van der Waals surface area contributed by atoms with Crippen molar-refractivity contribution in [3.63, 3.8) is 0 Å². The number of carbonyl (C=O) groups is 1. The Labute approximate surface area is 135 Å². The molecule has 0 spiro atoms. The molecule has 0 aromatic heterocycles. The van der Waals surface area contributed by atoms with Crippen molar-refractivity contribution in [1.29, 1.82) is 0 Å². The number of nitrogens with zero attached hydrogens (tertiary/aromatic N) is 1. The number of amides is 1. The minimum Gasteiger partial charge on any atom is -0.444 e. The van der Waals surface area contributed by atoms with Crippen LogP contribution in [0, 0.1) is 0 Å². The van der Waals surface area contributed by atoms with E-state index in [2.05, 4.69) is 0 Å². The molecule has 0 radical (unpaired) electrons. The molecule has 0 aromatic rings. The van der Waals surface area contributed by atoms with E-state index in [4.69, 9.17) is 14.0 Å². The molecular formula is C16H30BNO4. The maximum Gasteiger partial charge on any atom is 0.486 e. The maximum atomic E-state index is 11.8. The zero-order valence-electron chi connectivity index (χ0n) is 15.2. The summed E-state index contributed by atoms with van der Waals surface area (Å²) in [5, 5.41) is 0. The number of rotatable bonds is 4. The van der Waals surface area contributed by atoms with Crippen LogP contribution < -0.4 is 0 Å². The molecule has 0 unspecified atom stereocenters. The molecule has 22 heavy (non-hydrogen) atoms. The van der Waals surface area contributed by atoms with Crippen LogP contribution in [-0.4, -0.2) is 48.5 Å².